The molecule has 10 aromatic rings. The highest BCUT2D eigenvalue weighted by atomic mass is 15.1. The van der Waals surface area contributed by atoms with Crippen LogP contribution in [0.15, 0.2) is 218 Å². The third kappa shape index (κ3) is 5.53. The van der Waals surface area contributed by atoms with E-state index in [9.17, 15) is 0 Å². The monoisotopic (exact) mass is 688 g/mol. The lowest BCUT2D eigenvalue weighted by molar-refractivity contribution is 1.18. The number of rotatable bonds is 7. The summed E-state index contributed by atoms with van der Waals surface area (Å²) in [6.45, 7) is 0. The van der Waals surface area contributed by atoms with Crippen LogP contribution >= 0.6 is 0 Å². The third-order valence-electron chi connectivity index (χ3n) is 10.6. The topological polar surface area (TPSA) is 8.17 Å². The zero-order chi connectivity index (χ0) is 35.8. The summed E-state index contributed by atoms with van der Waals surface area (Å²) >= 11 is 0. The summed E-state index contributed by atoms with van der Waals surface area (Å²) < 4.78 is 2.39. The maximum atomic E-state index is 2.39. The van der Waals surface area contributed by atoms with Crippen LogP contribution in [0.25, 0.3) is 71.6 Å². The second kappa shape index (κ2) is 13.4. The minimum Gasteiger partial charge on any atom is -0.310 e. The number of nitrogens with zero attached hydrogens (tertiary/aromatic N) is 2. The van der Waals surface area contributed by atoms with Gasteiger partial charge in [0.2, 0.25) is 0 Å². The molecule has 254 valence electrons. The largest absolute Gasteiger partial charge is 0.310 e. The van der Waals surface area contributed by atoms with Gasteiger partial charge in [0.15, 0.2) is 0 Å². The fourth-order valence-electron chi connectivity index (χ4n) is 8.08. The Morgan fingerprint density at radius 2 is 0.889 bits per heavy atom. The Balaban J connectivity index is 1.13. The van der Waals surface area contributed by atoms with Crippen LogP contribution in [0.5, 0.6) is 0 Å². The first kappa shape index (κ1) is 31.6. The van der Waals surface area contributed by atoms with Gasteiger partial charge in [-0.3, -0.25) is 0 Å². The van der Waals surface area contributed by atoms with Gasteiger partial charge in [0.05, 0.1) is 11.0 Å². The van der Waals surface area contributed by atoms with Gasteiger partial charge in [-0.1, -0.05) is 158 Å². The second-order valence-electron chi connectivity index (χ2n) is 13.8. The number of para-hydroxylation sites is 2. The van der Waals surface area contributed by atoms with Crippen molar-refractivity contribution in [3.8, 4) is 39.1 Å². The number of hydrogen-bond acceptors (Lipinski definition) is 1. The van der Waals surface area contributed by atoms with Gasteiger partial charge in [-0.05, 0) is 105 Å². The quantitative estimate of drug-likeness (QED) is 0.162. The molecule has 0 saturated carbocycles. The summed E-state index contributed by atoms with van der Waals surface area (Å²) in [7, 11) is 0. The lowest BCUT2D eigenvalue weighted by Gasteiger charge is -2.27. The van der Waals surface area contributed by atoms with Gasteiger partial charge in [-0.2, -0.15) is 0 Å². The van der Waals surface area contributed by atoms with Crippen LogP contribution in [0.1, 0.15) is 0 Å². The van der Waals surface area contributed by atoms with E-state index in [4.69, 9.17) is 0 Å². The Morgan fingerprint density at radius 1 is 0.315 bits per heavy atom. The highest BCUT2D eigenvalue weighted by molar-refractivity contribution is 6.16. The van der Waals surface area contributed by atoms with Gasteiger partial charge >= 0.3 is 0 Å². The van der Waals surface area contributed by atoms with Crippen molar-refractivity contribution in [3.63, 3.8) is 0 Å². The maximum absolute atomic E-state index is 2.39. The third-order valence-corrected chi connectivity index (χ3v) is 10.6. The van der Waals surface area contributed by atoms with Crippen LogP contribution in [0.3, 0.4) is 0 Å². The number of benzene rings is 9. The first-order valence-corrected chi connectivity index (χ1v) is 18.5. The van der Waals surface area contributed by atoms with E-state index in [0.29, 0.717) is 0 Å². The SMILES string of the molecule is c1ccc(-c2ccc(N(c3cccc(-c4ccccc4-c4cccc5c4c4ccccc4n5-c4ccccc4)c3)c3ccc4ccccc4c3)cc2)cc1. The fourth-order valence-corrected chi connectivity index (χ4v) is 8.08. The molecule has 0 aliphatic heterocycles. The molecule has 0 aliphatic carbocycles. The Labute approximate surface area is 315 Å². The number of fused-ring (bicyclic) bond motifs is 4. The van der Waals surface area contributed by atoms with E-state index < -0.39 is 0 Å². The smallest absolute Gasteiger partial charge is 0.0547 e. The summed E-state index contributed by atoms with van der Waals surface area (Å²) in [5.74, 6) is 0. The van der Waals surface area contributed by atoms with Gasteiger partial charge in [-0.25, -0.2) is 0 Å². The maximum Gasteiger partial charge on any atom is 0.0547 e. The van der Waals surface area contributed by atoms with Gasteiger partial charge in [0.25, 0.3) is 0 Å². The zero-order valence-electron chi connectivity index (χ0n) is 29.7. The molecule has 0 amide bonds. The van der Waals surface area contributed by atoms with Crippen LogP contribution in [-0.2, 0) is 0 Å². The van der Waals surface area contributed by atoms with Gasteiger partial charge in [-0.15, -0.1) is 0 Å². The van der Waals surface area contributed by atoms with E-state index in [1.807, 2.05) is 0 Å². The number of hydrogen-bond donors (Lipinski definition) is 0. The van der Waals surface area contributed by atoms with Crippen molar-refractivity contribution in [1.29, 1.82) is 0 Å². The van der Waals surface area contributed by atoms with Crippen LogP contribution < -0.4 is 4.90 Å². The van der Waals surface area contributed by atoms with Crippen molar-refractivity contribution in [2.24, 2.45) is 0 Å². The normalized spacial score (nSPS) is 11.3. The molecule has 0 N–H and O–H groups in total. The predicted molar refractivity (Wildman–Crippen MR) is 229 cm³/mol. The second-order valence-corrected chi connectivity index (χ2v) is 13.8. The van der Waals surface area contributed by atoms with Crippen molar-refractivity contribution < 1.29 is 0 Å². The van der Waals surface area contributed by atoms with Crippen LogP contribution in [0.4, 0.5) is 17.1 Å². The number of aromatic nitrogens is 1. The molecular formula is C52H36N2. The first-order valence-electron chi connectivity index (χ1n) is 18.5. The highest BCUT2D eigenvalue weighted by Crippen LogP contribution is 2.43. The average molecular weight is 689 g/mol. The van der Waals surface area contributed by atoms with Gasteiger partial charge in [0.1, 0.15) is 0 Å². The van der Waals surface area contributed by atoms with E-state index in [-0.39, 0.29) is 0 Å². The van der Waals surface area contributed by atoms with Crippen molar-refractivity contribution in [2.45, 2.75) is 0 Å². The average Bonchev–Trinajstić information content (AvgIpc) is 3.59. The molecule has 0 saturated heterocycles. The molecule has 0 aliphatic rings. The van der Waals surface area contributed by atoms with Crippen molar-refractivity contribution in [1.82, 2.24) is 4.57 Å². The molecule has 0 atom stereocenters. The highest BCUT2D eigenvalue weighted by Gasteiger charge is 2.19. The molecule has 0 radical (unpaired) electrons. The van der Waals surface area contributed by atoms with Gasteiger partial charge in [0, 0.05) is 33.5 Å². The fraction of sp³-hybridized carbons (Fsp3) is 0. The van der Waals surface area contributed by atoms with Crippen molar-refractivity contribution >= 4 is 49.6 Å². The Morgan fingerprint density at radius 3 is 1.72 bits per heavy atom. The molecule has 0 unspecified atom stereocenters. The molecule has 1 aromatic heterocycles. The van der Waals surface area contributed by atoms with E-state index >= 15 is 0 Å². The molecule has 0 fully saturated rings. The molecule has 54 heavy (non-hydrogen) atoms. The van der Waals surface area contributed by atoms with Crippen molar-refractivity contribution in [2.75, 3.05) is 4.90 Å². The molecule has 2 nitrogen and oxygen atoms in total. The molecule has 10 rings (SSSR count). The Bertz CT molecular complexity index is 2920. The van der Waals surface area contributed by atoms with E-state index in [0.717, 1.165) is 22.7 Å². The molecule has 9 aromatic carbocycles. The predicted octanol–water partition coefficient (Wildman–Crippen LogP) is 14.4. The lowest BCUT2D eigenvalue weighted by Crippen LogP contribution is -2.10. The van der Waals surface area contributed by atoms with E-state index in [2.05, 4.69) is 228 Å². The molecular weight excluding hydrogens is 653 g/mol. The summed E-state index contributed by atoms with van der Waals surface area (Å²) in [4.78, 5) is 2.38. The summed E-state index contributed by atoms with van der Waals surface area (Å²) in [5.41, 5.74) is 14.1. The minimum atomic E-state index is 1.10. The Hall–Kier alpha value is -7.16. The summed E-state index contributed by atoms with van der Waals surface area (Å²) in [6, 6.07) is 78.9. The molecule has 2 heteroatoms. The Kier molecular flexibility index (Phi) is 7.85. The lowest BCUT2D eigenvalue weighted by atomic mass is 9.91. The van der Waals surface area contributed by atoms with E-state index in [1.165, 1.54) is 66.0 Å². The van der Waals surface area contributed by atoms with Crippen LogP contribution in [0, 0.1) is 0 Å². The van der Waals surface area contributed by atoms with Crippen LogP contribution in [0.2, 0.25) is 0 Å². The van der Waals surface area contributed by atoms with E-state index in [1.54, 1.807) is 0 Å². The first-order chi connectivity index (χ1) is 26.8. The number of anilines is 3. The van der Waals surface area contributed by atoms with Crippen molar-refractivity contribution in [3.05, 3.63) is 218 Å². The van der Waals surface area contributed by atoms with Gasteiger partial charge < -0.3 is 9.47 Å². The molecule has 1 heterocycles. The summed E-state index contributed by atoms with van der Waals surface area (Å²) in [5, 5.41) is 4.95. The molecule has 0 spiro atoms. The van der Waals surface area contributed by atoms with Crippen LogP contribution in [-0.4, -0.2) is 4.57 Å². The molecule has 0 bridgehead atoms. The summed E-state index contributed by atoms with van der Waals surface area (Å²) in [6.07, 6.45) is 0. The minimum absolute atomic E-state index is 1.10. The standard InChI is InChI=1S/C52H36N2/c1-3-15-37(16-4-1)39-29-32-43(33-30-39)53(45-34-31-38-17-7-8-18-40(38)35-45)44-22-13-19-41(36-44)46-23-9-10-24-47(46)48-26-14-28-51-52(48)49-25-11-12-27-50(49)54(51)42-20-5-2-6-21-42/h1-36H. The zero-order valence-corrected chi connectivity index (χ0v) is 29.7.